The van der Waals surface area contributed by atoms with Crippen LogP contribution in [0.4, 0.5) is 0 Å². The molecule has 0 aliphatic rings. The van der Waals surface area contributed by atoms with E-state index in [1.54, 1.807) is 11.8 Å². The molecule has 0 radical (unpaired) electrons. The second kappa shape index (κ2) is 13.5. The molecule has 1 atom stereocenters. The zero-order valence-corrected chi connectivity index (χ0v) is 20.1. The first-order valence-corrected chi connectivity index (χ1v) is 11.4. The standard InChI is InChI=1S/C26H28ClNOS.ClH/c1-2-8-22(28)12-6-11-21-15-16-25(18-26(21)27)30-24-14-7-13-23(17-24)29-19-20-9-4-3-5-10-20;/h2-5,7-10,13-18,22H,6,11-12,19,28H2,1H3;1H/b8-2+;. The normalized spacial score (nSPS) is 11.8. The lowest BCUT2D eigenvalue weighted by Crippen LogP contribution is -2.16. The Morgan fingerprint density at radius 1 is 1.00 bits per heavy atom. The highest BCUT2D eigenvalue weighted by molar-refractivity contribution is 7.99. The molecule has 164 valence electrons. The molecule has 3 aromatic carbocycles. The highest BCUT2D eigenvalue weighted by Crippen LogP contribution is 2.33. The van der Waals surface area contributed by atoms with Crippen molar-refractivity contribution in [1.29, 1.82) is 0 Å². The maximum absolute atomic E-state index is 6.54. The molecule has 2 N–H and O–H groups in total. The van der Waals surface area contributed by atoms with Crippen molar-refractivity contribution < 1.29 is 4.74 Å². The number of halogens is 2. The molecule has 0 saturated heterocycles. The van der Waals surface area contributed by atoms with Gasteiger partial charge in [0.15, 0.2) is 0 Å². The minimum Gasteiger partial charge on any atom is -0.489 e. The van der Waals surface area contributed by atoms with Crippen molar-refractivity contribution >= 4 is 35.8 Å². The Kier molecular flexibility index (Phi) is 11.0. The second-order valence-corrected chi connectivity index (χ2v) is 8.74. The van der Waals surface area contributed by atoms with Gasteiger partial charge >= 0.3 is 0 Å². The number of benzene rings is 3. The minimum absolute atomic E-state index is 0. The van der Waals surface area contributed by atoms with E-state index < -0.39 is 0 Å². The molecule has 0 spiro atoms. The Hall–Kier alpha value is -1.91. The summed E-state index contributed by atoms with van der Waals surface area (Å²) in [5, 5.41) is 0.816. The van der Waals surface area contributed by atoms with Crippen LogP contribution in [0.2, 0.25) is 5.02 Å². The number of ether oxygens (including phenoxy) is 1. The zero-order valence-electron chi connectivity index (χ0n) is 17.7. The molecule has 0 saturated carbocycles. The third kappa shape index (κ3) is 8.62. The quantitative estimate of drug-likeness (QED) is 0.306. The van der Waals surface area contributed by atoms with Gasteiger partial charge in [0.1, 0.15) is 12.4 Å². The van der Waals surface area contributed by atoms with E-state index in [9.17, 15) is 0 Å². The molecule has 0 aliphatic heterocycles. The molecule has 1 unspecified atom stereocenters. The molecular weight excluding hydrogens is 445 g/mol. The van der Waals surface area contributed by atoms with Gasteiger partial charge in [-0.15, -0.1) is 12.4 Å². The number of hydrogen-bond acceptors (Lipinski definition) is 3. The Bertz CT molecular complexity index is 963. The first-order chi connectivity index (χ1) is 14.6. The van der Waals surface area contributed by atoms with Gasteiger partial charge in [-0.1, -0.05) is 78.0 Å². The van der Waals surface area contributed by atoms with Gasteiger partial charge in [0, 0.05) is 20.9 Å². The maximum atomic E-state index is 6.54. The van der Waals surface area contributed by atoms with E-state index in [1.807, 2.05) is 55.5 Å². The van der Waals surface area contributed by atoms with Crippen molar-refractivity contribution in [3.05, 3.63) is 101 Å². The van der Waals surface area contributed by atoms with E-state index in [0.29, 0.717) is 6.61 Å². The van der Waals surface area contributed by atoms with Crippen molar-refractivity contribution in [2.45, 2.75) is 48.6 Å². The Morgan fingerprint density at radius 2 is 1.77 bits per heavy atom. The lowest BCUT2D eigenvalue weighted by molar-refractivity contribution is 0.305. The highest BCUT2D eigenvalue weighted by Gasteiger charge is 2.06. The number of aryl methyl sites for hydroxylation is 1. The molecule has 31 heavy (non-hydrogen) atoms. The molecule has 3 rings (SSSR count). The first kappa shape index (κ1) is 25.4. The van der Waals surface area contributed by atoms with E-state index in [4.69, 9.17) is 22.1 Å². The van der Waals surface area contributed by atoms with Gasteiger partial charge in [0.25, 0.3) is 0 Å². The average molecular weight is 474 g/mol. The third-order valence-corrected chi connectivity index (χ3v) is 6.07. The number of nitrogens with two attached hydrogens (primary N) is 1. The summed E-state index contributed by atoms with van der Waals surface area (Å²) < 4.78 is 5.94. The monoisotopic (exact) mass is 473 g/mol. The lowest BCUT2D eigenvalue weighted by atomic mass is 10.0. The Labute approximate surface area is 201 Å². The van der Waals surface area contributed by atoms with Crippen LogP contribution in [0.15, 0.2) is 94.7 Å². The van der Waals surface area contributed by atoms with Crippen LogP contribution in [-0.2, 0) is 13.0 Å². The molecule has 0 aromatic heterocycles. The van der Waals surface area contributed by atoms with Crippen LogP contribution in [0.25, 0.3) is 0 Å². The van der Waals surface area contributed by atoms with Gasteiger partial charge < -0.3 is 10.5 Å². The smallest absolute Gasteiger partial charge is 0.120 e. The largest absolute Gasteiger partial charge is 0.489 e. The fourth-order valence-corrected chi connectivity index (χ4v) is 4.42. The summed E-state index contributed by atoms with van der Waals surface area (Å²) in [4.78, 5) is 2.25. The van der Waals surface area contributed by atoms with Gasteiger partial charge in [-0.3, -0.25) is 0 Å². The maximum Gasteiger partial charge on any atom is 0.120 e. The topological polar surface area (TPSA) is 35.2 Å². The van der Waals surface area contributed by atoms with Gasteiger partial charge in [0.2, 0.25) is 0 Å². The number of hydrogen-bond donors (Lipinski definition) is 1. The summed E-state index contributed by atoms with van der Waals surface area (Å²) in [5.41, 5.74) is 8.36. The van der Waals surface area contributed by atoms with Gasteiger partial charge in [-0.25, -0.2) is 0 Å². The molecule has 0 heterocycles. The minimum atomic E-state index is 0. The fraction of sp³-hybridized carbons (Fsp3) is 0.231. The average Bonchev–Trinajstić information content (AvgIpc) is 2.75. The number of rotatable bonds is 10. The van der Waals surface area contributed by atoms with E-state index >= 15 is 0 Å². The highest BCUT2D eigenvalue weighted by atomic mass is 35.5. The molecule has 2 nitrogen and oxygen atoms in total. The summed E-state index contributed by atoms with van der Waals surface area (Å²) in [5.74, 6) is 0.865. The predicted octanol–water partition coefficient (Wildman–Crippen LogP) is 7.72. The van der Waals surface area contributed by atoms with Crippen LogP contribution in [0.1, 0.15) is 30.9 Å². The van der Waals surface area contributed by atoms with E-state index in [0.717, 1.165) is 45.4 Å². The van der Waals surface area contributed by atoms with Crippen LogP contribution in [0, 0.1) is 0 Å². The van der Waals surface area contributed by atoms with Gasteiger partial charge in [0.05, 0.1) is 0 Å². The predicted molar refractivity (Wildman–Crippen MR) is 136 cm³/mol. The van der Waals surface area contributed by atoms with Crippen molar-refractivity contribution in [2.24, 2.45) is 5.73 Å². The molecule has 0 amide bonds. The Morgan fingerprint density at radius 3 is 2.52 bits per heavy atom. The third-order valence-electron chi connectivity index (χ3n) is 4.74. The summed E-state index contributed by atoms with van der Waals surface area (Å²) in [7, 11) is 0. The van der Waals surface area contributed by atoms with Gasteiger partial charge in [-0.05, 0) is 67.6 Å². The van der Waals surface area contributed by atoms with Crippen LogP contribution in [-0.4, -0.2) is 6.04 Å². The SMILES string of the molecule is C/C=C/C(N)CCCc1ccc(Sc2cccc(OCc3ccccc3)c2)cc1Cl.Cl. The van der Waals surface area contributed by atoms with Crippen molar-refractivity contribution in [1.82, 2.24) is 0 Å². The van der Waals surface area contributed by atoms with Crippen molar-refractivity contribution in [2.75, 3.05) is 0 Å². The molecule has 0 aliphatic carbocycles. The molecule has 0 bridgehead atoms. The van der Waals surface area contributed by atoms with E-state index in [-0.39, 0.29) is 18.4 Å². The molecule has 0 fully saturated rings. The Balaban J connectivity index is 0.00000341. The second-order valence-electron chi connectivity index (χ2n) is 7.19. The number of allylic oxidation sites excluding steroid dienone is 1. The molecule has 3 aromatic rings. The van der Waals surface area contributed by atoms with Crippen LogP contribution >= 0.6 is 35.8 Å². The summed E-state index contributed by atoms with van der Waals surface area (Å²) in [6, 6.07) is 24.8. The lowest BCUT2D eigenvalue weighted by Gasteiger charge is -2.10. The van der Waals surface area contributed by atoms with Gasteiger partial charge in [-0.2, -0.15) is 0 Å². The first-order valence-electron chi connectivity index (χ1n) is 10.3. The van der Waals surface area contributed by atoms with Crippen LogP contribution in [0.5, 0.6) is 5.75 Å². The van der Waals surface area contributed by atoms with Crippen LogP contribution in [0.3, 0.4) is 0 Å². The van der Waals surface area contributed by atoms with E-state index in [1.165, 1.54) is 5.56 Å². The summed E-state index contributed by atoms with van der Waals surface area (Å²) in [6.07, 6.45) is 6.98. The molecular formula is C26H29Cl2NOS. The van der Waals surface area contributed by atoms with E-state index in [2.05, 4.69) is 36.4 Å². The summed E-state index contributed by atoms with van der Waals surface area (Å²) >= 11 is 8.23. The summed E-state index contributed by atoms with van der Waals surface area (Å²) in [6.45, 7) is 2.56. The van der Waals surface area contributed by atoms with Crippen molar-refractivity contribution in [3.8, 4) is 5.75 Å². The van der Waals surface area contributed by atoms with Crippen molar-refractivity contribution in [3.63, 3.8) is 0 Å². The zero-order chi connectivity index (χ0) is 21.2. The van der Waals surface area contributed by atoms with Crippen LogP contribution < -0.4 is 10.5 Å². The molecule has 5 heteroatoms. The fourth-order valence-electron chi connectivity index (χ4n) is 3.17.